The van der Waals surface area contributed by atoms with Gasteiger partial charge in [-0.05, 0) is 42.9 Å². The van der Waals surface area contributed by atoms with Gasteiger partial charge in [0.1, 0.15) is 16.8 Å². The first kappa shape index (κ1) is 21.1. The van der Waals surface area contributed by atoms with E-state index in [1.54, 1.807) is 6.07 Å². The maximum Gasteiger partial charge on any atom is 0.166 e. The third-order valence-electron chi connectivity index (χ3n) is 5.55. The van der Waals surface area contributed by atoms with Crippen molar-refractivity contribution in [1.82, 2.24) is 14.6 Å². The second kappa shape index (κ2) is 8.56. The Hall–Kier alpha value is -2.11. The van der Waals surface area contributed by atoms with Gasteiger partial charge in [-0.3, -0.25) is 0 Å². The van der Waals surface area contributed by atoms with Crippen molar-refractivity contribution >= 4 is 40.7 Å². The maximum absolute atomic E-state index is 13.7. The molecule has 4 nitrogen and oxygen atoms in total. The third kappa shape index (κ3) is 4.06. The van der Waals surface area contributed by atoms with E-state index in [1.807, 2.05) is 16.8 Å². The van der Waals surface area contributed by atoms with Crippen molar-refractivity contribution in [3.05, 3.63) is 52.0 Å². The molecule has 158 valence electrons. The minimum Gasteiger partial charge on any atom is -0.356 e. The smallest absolute Gasteiger partial charge is 0.166 e. The molecule has 7 heteroatoms. The Morgan fingerprint density at radius 3 is 2.60 bits per heavy atom. The first-order chi connectivity index (χ1) is 14.3. The fraction of sp³-hybridized carbons (Fsp3) is 0.391. The summed E-state index contributed by atoms with van der Waals surface area (Å²) in [6.45, 7) is 8.29. The molecule has 0 unspecified atom stereocenters. The average Bonchev–Trinajstić information content (AvgIpc) is 3.09. The van der Waals surface area contributed by atoms with Crippen LogP contribution in [0, 0.1) is 17.7 Å². The number of hydrogen-bond donors (Lipinski definition) is 0. The first-order valence-electron chi connectivity index (χ1n) is 10.3. The van der Waals surface area contributed by atoms with Crippen molar-refractivity contribution in [2.45, 2.75) is 33.6 Å². The molecule has 4 rings (SSSR count). The molecular weight excluding hydrogens is 422 g/mol. The summed E-state index contributed by atoms with van der Waals surface area (Å²) in [6.07, 6.45) is 8.12. The summed E-state index contributed by atoms with van der Waals surface area (Å²) >= 11 is 13.2. The number of aromatic nitrogens is 3. The van der Waals surface area contributed by atoms with E-state index in [4.69, 9.17) is 23.2 Å². The van der Waals surface area contributed by atoms with E-state index in [9.17, 15) is 4.39 Å². The van der Waals surface area contributed by atoms with Gasteiger partial charge in [-0.2, -0.15) is 9.61 Å². The van der Waals surface area contributed by atoms with Crippen molar-refractivity contribution in [3.8, 4) is 11.1 Å². The van der Waals surface area contributed by atoms with E-state index in [0.29, 0.717) is 38.8 Å². The van der Waals surface area contributed by atoms with Crippen molar-refractivity contribution in [2.75, 3.05) is 18.0 Å². The second-order valence-electron chi connectivity index (χ2n) is 8.33. The van der Waals surface area contributed by atoms with Gasteiger partial charge in [0.2, 0.25) is 0 Å². The van der Waals surface area contributed by atoms with E-state index in [0.717, 1.165) is 37.3 Å². The molecule has 0 spiro atoms. The molecule has 2 aromatic heterocycles. The molecule has 1 aliphatic heterocycles. The van der Waals surface area contributed by atoms with Gasteiger partial charge in [0.25, 0.3) is 0 Å². The number of hydrogen-bond acceptors (Lipinski definition) is 3. The zero-order valence-electron chi connectivity index (χ0n) is 17.4. The van der Waals surface area contributed by atoms with Crippen molar-refractivity contribution < 1.29 is 4.39 Å². The number of piperidine rings is 1. The number of halogens is 3. The Morgan fingerprint density at radius 2 is 1.93 bits per heavy atom. The van der Waals surface area contributed by atoms with Crippen LogP contribution in [-0.4, -0.2) is 27.7 Å². The van der Waals surface area contributed by atoms with Gasteiger partial charge in [-0.25, -0.2) is 9.37 Å². The van der Waals surface area contributed by atoms with Crippen LogP contribution in [0.4, 0.5) is 10.2 Å². The lowest BCUT2D eigenvalue weighted by Gasteiger charge is -2.33. The highest BCUT2D eigenvalue weighted by molar-refractivity contribution is 6.36. The molecule has 0 saturated carbocycles. The summed E-state index contributed by atoms with van der Waals surface area (Å²) in [5.74, 6) is 1.56. The van der Waals surface area contributed by atoms with Crippen LogP contribution in [-0.2, 0) is 0 Å². The zero-order chi connectivity index (χ0) is 21.4. The van der Waals surface area contributed by atoms with Crippen molar-refractivity contribution in [1.29, 1.82) is 0 Å². The highest BCUT2D eigenvalue weighted by atomic mass is 35.5. The van der Waals surface area contributed by atoms with Gasteiger partial charge in [0, 0.05) is 24.2 Å². The number of anilines is 1. The van der Waals surface area contributed by atoms with E-state index >= 15 is 0 Å². The van der Waals surface area contributed by atoms with Crippen LogP contribution < -0.4 is 4.90 Å². The quantitative estimate of drug-likeness (QED) is 0.415. The molecular formula is C23H25Cl2FN4. The summed E-state index contributed by atoms with van der Waals surface area (Å²) in [7, 11) is 0. The van der Waals surface area contributed by atoms with Crippen LogP contribution >= 0.6 is 23.2 Å². The number of nitrogens with zero attached hydrogens (tertiary/aromatic N) is 4. The Morgan fingerprint density at radius 1 is 1.20 bits per heavy atom. The molecule has 0 N–H and O–H groups in total. The molecule has 0 amide bonds. The van der Waals surface area contributed by atoms with Crippen LogP contribution in [0.1, 0.15) is 39.2 Å². The minimum atomic E-state index is -0.387. The summed E-state index contributed by atoms with van der Waals surface area (Å²) in [6, 6.07) is 4.36. The third-order valence-corrected chi connectivity index (χ3v) is 6.14. The number of benzene rings is 1. The Kier molecular flexibility index (Phi) is 6.03. The van der Waals surface area contributed by atoms with Crippen molar-refractivity contribution in [3.63, 3.8) is 0 Å². The Labute approximate surface area is 186 Å². The molecule has 1 aromatic carbocycles. The lowest BCUT2D eigenvalue weighted by molar-refractivity contribution is 0.435. The van der Waals surface area contributed by atoms with E-state index in [-0.39, 0.29) is 5.82 Å². The summed E-state index contributed by atoms with van der Waals surface area (Å²) in [5.41, 5.74) is 2.95. The zero-order valence-corrected chi connectivity index (χ0v) is 18.9. The van der Waals surface area contributed by atoms with E-state index in [2.05, 4.69) is 41.8 Å². The van der Waals surface area contributed by atoms with Crippen molar-refractivity contribution in [2.24, 2.45) is 11.8 Å². The van der Waals surface area contributed by atoms with Gasteiger partial charge in [0.15, 0.2) is 5.65 Å². The summed E-state index contributed by atoms with van der Waals surface area (Å²) < 4.78 is 15.5. The first-order valence-corrected chi connectivity index (χ1v) is 11.1. The van der Waals surface area contributed by atoms with Gasteiger partial charge in [-0.15, -0.1) is 0 Å². The molecule has 3 aromatic rings. The predicted octanol–water partition coefficient (Wildman–Crippen LogP) is 6.75. The molecule has 0 radical (unpaired) electrons. The SMILES string of the molecule is CC(C)/C=C/c1cnn2c(N3CCC(C)CC3)c(-c3ccc(F)cc3Cl)c(Cl)nc12. The van der Waals surface area contributed by atoms with Gasteiger partial charge in [-0.1, -0.05) is 56.1 Å². The topological polar surface area (TPSA) is 33.4 Å². The minimum absolute atomic E-state index is 0.303. The number of fused-ring (bicyclic) bond motifs is 1. The fourth-order valence-electron chi connectivity index (χ4n) is 3.82. The highest BCUT2D eigenvalue weighted by Gasteiger charge is 2.27. The Balaban J connectivity index is 1.96. The van der Waals surface area contributed by atoms with Crippen LogP contribution in [0.2, 0.25) is 10.2 Å². The van der Waals surface area contributed by atoms with Crippen LogP contribution in [0.3, 0.4) is 0 Å². The number of rotatable bonds is 4. The molecule has 1 saturated heterocycles. The summed E-state index contributed by atoms with van der Waals surface area (Å²) in [4.78, 5) is 6.95. The molecule has 3 heterocycles. The molecule has 0 atom stereocenters. The largest absolute Gasteiger partial charge is 0.356 e. The lowest BCUT2D eigenvalue weighted by Crippen LogP contribution is -2.34. The second-order valence-corrected chi connectivity index (χ2v) is 9.10. The molecule has 30 heavy (non-hydrogen) atoms. The van der Waals surface area contributed by atoms with Crippen LogP contribution in [0.25, 0.3) is 22.9 Å². The molecule has 0 aliphatic carbocycles. The van der Waals surface area contributed by atoms with E-state index < -0.39 is 0 Å². The highest BCUT2D eigenvalue weighted by Crippen LogP contribution is 2.41. The average molecular weight is 447 g/mol. The molecule has 1 fully saturated rings. The predicted molar refractivity (Wildman–Crippen MR) is 123 cm³/mol. The van der Waals surface area contributed by atoms with Crippen LogP contribution in [0.5, 0.6) is 0 Å². The van der Waals surface area contributed by atoms with Gasteiger partial charge < -0.3 is 4.90 Å². The normalized spacial score (nSPS) is 15.8. The number of allylic oxidation sites excluding steroid dienone is 1. The summed E-state index contributed by atoms with van der Waals surface area (Å²) in [5, 5.41) is 5.29. The fourth-order valence-corrected chi connectivity index (χ4v) is 4.35. The van der Waals surface area contributed by atoms with Gasteiger partial charge >= 0.3 is 0 Å². The van der Waals surface area contributed by atoms with Gasteiger partial charge in [0.05, 0.1) is 16.8 Å². The standard InChI is InChI=1S/C23H25Cl2FN4/c1-14(2)4-5-16-13-27-30-22(16)28-21(25)20(18-7-6-17(26)12-19(18)24)23(30)29-10-8-15(3)9-11-29/h4-7,12-15H,8-11H2,1-3H3/b5-4+. The lowest BCUT2D eigenvalue weighted by atomic mass is 9.98. The monoisotopic (exact) mass is 446 g/mol. The van der Waals surface area contributed by atoms with Crippen LogP contribution in [0.15, 0.2) is 30.5 Å². The molecule has 1 aliphatic rings. The Bertz CT molecular complexity index is 1100. The molecule has 0 bridgehead atoms. The maximum atomic E-state index is 13.7. The van der Waals surface area contributed by atoms with E-state index in [1.165, 1.54) is 12.1 Å².